The Morgan fingerprint density at radius 1 is 1.27 bits per heavy atom. The molecular formula is C15H20F2N2O7. The monoisotopic (exact) mass is 378 g/mol. The minimum atomic E-state index is -2.19. The summed E-state index contributed by atoms with van der Waals surface area (Å²) in [5.41, 5.74) is -3.70. The molecule has 0 saturated heterocycles. The molecule has 0 spiro atoms. The van der Waals surface area contributed by atoms with Crippen molar-refractivity contribution in [1.29, 1.82) is 0 Å². The van der Waals surface area contributed by atoms with Gasteiger partial charge in [0.25, 0.3) is 5.56 Å². The summed E-state index contributed by atoms with van der Waals surface area (Å²) in [4.78, 5) is 47.2. The quantitative estimate of drug-likeness (QED) is 0.612. The van der Waals surface area contributed by atoms with E-state index in [1.165, 1.54) is 6.92 Å². The van der Waals surface area contributed by atoms with Crippen LogP contribution in [0.1, 0.15) is 27.0 Å². The van der Waals surface area contributed by atoms with Gasteiger partial charge >= 0.3 is 17.6 Å². The van der Waals surface area contributed by atoms with Crippen molar-refractivity contribution in [2.24, 2.45) is 0 Å². The number of carbonyl (C=O) groups excluding carboxylic acids is 2. The summed E-state index contributed by atoms with van der Waals surface area (Å²) in [5.74, 6) is -1.69. The Kier molecular flexibility index (Phi) is 7.62. The zero-order valence-corrected chi connectivity index (χ0v) is 14.5. The lowest BCUT2D eigenvalue weighted by Crippen LogP contribution is -2.55. The molecule has 11 heteroatoms. The highest BCUT2D eigenvalue weighted by atomic mass is 19.1. The van der Waals surface area contributed by atoms with E-state index < -0.39 is 61.1 Å². The molecule has 1 N–H and O–H groups in total. The number of nitrogens with one attached hydrogen (secondary N) is 1. The van der Waals surface area contributed by atoms with E-state index in [1.54, 1.807) is 0 Å². The number of alkyl halides is 2. The number of rotatable bonds is 9. The maximum absolute atomic E-state index is 13.9. The van der Waals surface area contributed by atoms with Crippen LogP contribution in [0.15, 0.2) is 21.9 Å². The average Bonchev–Trinajstić information content (AvgIpc) is 2.56. The third-order valence-electron chi connectivity index (χ3n) is 3.43. The van der Waals surface area contributed by atoms with E-state index >= 15 is 0 Å². The fraction of sp³-hybridized carbons (Fsp3) is 0.600. The Morgan fingerprint density at radius 3 is 2.38 bits per heavy atom. The summed E-state index contributed by atoms with van der Waals surface area (Å²) in [6.45, 7) is -0.102. The molecule has 1 aromatic rings. The van der Waals surface area contributed by atoms with Gasteiger partial charge in [-0.05, 0) is 6.92 Å². The van der Waals surface area contributed by atoms with Gasteiger partial charge in [-0.15, -0.1) is 0 Å². The summed E-state index contributed by atoms with van der Waals surface area (Å²) in [6, 6.07) is 1.03. The van der Waals surface area contributed by atoms with E-state index in [-0.39, 0.29) is 0 Å². The molecule has 0 fully saturated rings. The summed E-state index contributed by atoms with van der Waals surface area (Å²) in [7, 11) is 0. The Labute approximate surface area is 146 Å². The van der Waals surface area contributed by atoms with E-state index in [4.69, 9.17) is 14.2 Å². The van der Waals surface area contributed by atoms with Gasteiger partial charge in [0.1, 0.15) is 26.2 Å². The third kappa shape index (κ3) is 5.48. The number of esters is 2. The highest BCUT2D eigenvalue weighted by Crippen LogP contribution is 2.27. The van der Waals surface area contributed by atoms with Crippen LogP contribution in [0.4, 0.5) is 8.78 Å². The van der Waals surface area contributed by atoms with Crippen molar-refractivity contribution < 1.29 is 32.6 Å². The maximum atomic E-state index is 13.9. The molecule has 3 atom stereocenters. The van der Waals surface area contributed by atoms with Crippen LogP contribution in [-0.2, 0) is 23.8 Å². The fourth-order valence-corrected chi connectivity index (χ4v) is 2.17. The normalized spacial score (nSPS) is 15.6. The Morgan fingerprint density at radius 2 is 1.92 bits per heavy atom. The van der Waals surface area contributed by atoms with Gasteiger partial charge in [-0.1, -0.05) is 0 Å². The number of aromatic amines is 1. The van der Waals surface area contributed by atoms with Crippen molar-refractivity contribution in [3.8, 4) is 0 Å². The largest absolute Gasteiger partial charge is 0.463 e. The molecule has 9 nitrogen and oxygen atoms in total. The highest BCUT2D eigenvalue weighted by Gasteiger charge is 2.46. The molecule has 0 radical (unpaired) electrons. The van der Waals surface area contributed by atoms with Crippen molar-refractivity contribution in [3.05, 3.63) is 33.1 Å². The average molecular weight is 378 g/mol. The first-order chi connectivity index (χ1) is 12.1. The predicted octanol–water partition coefficient (Wildman–Crippen LogP) is 0.244. The SMILES string of the molecule is CC(=O)OCC(CF)(O[C@H](C)n1ccc(=O)[nH]c1=O)[C@H](CF)OC(C)=O. The molecule has 0 saturated carbocycles. The van der Waals surface area contributed by atoms with E-state index in [1.807, 2.05) is 4.98 Å². The van der Waals surface area contributed by atoms with Crippen molar-refractivity contribution >= 4 is 11.9 Å². The Bertz CT molecular complexity index is 748. The highest BCUT2D eigenvalue weighted by molar-refractivity contribution is 5.66. The van der Waals surface area contributed by atoms with Crippen molar-refractivity contribution in [1.82, 2.24) is 9.55 Å². The van der Waals surface area contributed by atoms with E-state index in [2.05, 4.69) is 0 Å². The molecule has 146 valence electrons. The van der Waals surface area contributed by atoms with Crippen LogP contribution in [0.5, 0.6) is 0 Å². The summed E-state index contributed by atoms with van der Waals surface area (Å²) in [6.07, 6.45) is -1.85. The molecular weight excluding hydrogens is 358 g/mol. The van der Waals surface area contributed by atoms with Crippen molar-refractivity contribution in [2.45, 2.75) is 38.7 Å². The fourth-order valence-electron chi connectivity index (χ4n) is 2.17. The minimum absolute atomic E-state index is 0.656. The molecule has 0 aliphatic carbocycles. The number of carbonyl (C=O) groups is 2. The van der Waals surface area contributed by atoms with Gasteiger partial charge in [-0.2, -0.15) is 0 Å². The van der Waals surface area contributed by atoms with Crippen molar-refractivity contribution in [2.75, 3.05) is 20.0 Å². The zero-order chi connectivity index (χ0) is 19.9. The van der Waals surface area contributed by atoms with Crippen LogP contribution in [0.25, 0.3) is 0 Å². The maximum Gasteiger partial charge on any atom is 0.330 e. The van der Waals surface area contributed by atoms with Gasteiger partial charge in [-0.3, -0.25) is 23.9 Å². The van der Waals surface area contributed by atoms with E-state index in [0.717, 1.165) is 30.7 Å². The molecule has 1 unspecified atom stereocenters. The molecule has 26 heavy (non-hydrogen) atoms. The molecule has 0 aliphatic rings. The second kappa shape index (κ2) is 9.22. The molecule has 0 bridgehead atoms. The molecule has 0 aliphatic heterocycles. The summed E-state index contributed by atoms with van der Waals surface area (Å²) < 4.78 is 43.2. The first-order valence-corrected chi connectivity index (χ1v) is 7.57. The van der Waals surface area contributed by atoms with Gasteiger partial charge in [-0.25, -0.2) is 13.6 Å². The lowest BCUT2D eigenvalue weighted by atomic mass is 9.99. The second-order valence-corrected chi connectivity index (χ2v) is 5.47. The van der Waals surface area contributed by atoms with Crippen LogP contribution >= 0.6 is 0 Å². The first-order valence-electron chi connectivity index (χ1n) is 7.57. The van der Waals surface area contributed by atoms with E-state index in [9.17, 15) is 28.0 Å². The smallest absolute Gasteiger partial charge is 0.330 e. The number of ether oxygens (including phenoxy) is 3. The minimum Gasteiger partial charge on any atom is -0.463 e. The standard InChI is InChI=1S/C15H20F2N2O7/c1-9(19-5-4-13(22)18-14(19)23)26-15(7-17,8-24-10(2)20)12(6-16)25-11(3)21/h4-5,9,12H,6-8H2,1-3H3,(H,18,22,23)/t9-,12+,15?/m1/s1. The van der Waals surface area contributed by atoms with Gasteiger partial charge in [0.05, 0.1) is 0 Å². The number of hydrogen-bond acceptors (Lipinski definition) is 7. The van der Waals surface area contributed by atoms with E-state index in [0.29, 0.717) is 0 Å². The summed E-state index contributed by atoms with van der Waals surface area (Å²) >= 11 is 0. The second-order valence-electron chi connectivity index (χ2n) is 5.47. The lowest BCUT2D eigenvalue weighted by molar-refractivity contribution is -0.220. The van der Waals surface area contributed by atoms with Gasteiger partial charge in [0.15, 0.2) is 11.7 Å². The van der Waals surface area contributed by atoms with Crippen LogP contribution in [0.2, 0.25) is 0 Å². The predicted molar refractivity (Wildman–Crippen MR) is 84.0 cm³/mol. The Balaban J connectivity index is 3.24. The Hall–Kier alpha value is -2.56. The van der Waals surface area contributed by atoms with Crippen LogP contribution < -0.4 is 11.2 Å². The van der Waals surface area contributed by atoms with Gasteiger partial charge in [0.2, 0.25) is 0 Å². The number of halogens is 2. The van der Waals surface area contributed by atoms with Gasteiger partial charge in [0, 0.05) is 26.1 Å². The van der Waals surface area contributed by atoms with Gasteiger partial charge < -0.3 is 14.2 Å². The topological polar surface area (TPSA) is 117 Å². The molecule has 1 heterocycles. The molecule has 1 rings (SSSR count). The lowest BCUT2D eigenvalue weighted by Gasteiger charge is -2.37. The molecule has 0 aromatic carbocycles. The number of aromatic nitrogens is 2. The molecule has 0 amide bonds. The first kappa shape index (κ1) is 21.5. The molecule has 1 aromatic heterocycles. The van der Waals surface area contributed by atoms with Crippen LogP contribution in [-0.4, -0.2) is 53.2 Å². The third-order valence-corrected chi connectivity index (χ3v) is 3.43. The zero-order valence-electron chi connectivity index (χ0n) is 14.5. The summed E-state index contributed by atoms with van der Waals surface area (Å²) in [5, 5.41) is 0. The van der Waals surface area contributed by atoms with Crippen LogP contribution in [0, 0.1) is 0 Å². The number of nitrogens with zero attached hydrogens (tertiary/aromatic N) is 1. The number of hydrogen-bond donors (Lipinski definition) is 1. The van der Waals surface area contributed by atoms with Crippen LogP contribution in [0.3, 0.4) is 0 Å². The van der Waals surface area contributed by atoms with Crippen molar-refractivity contribution in [3.63, 3.8) is 0 Å². The number of H-pyrrole nitrogens is 1.